The third kappa shape index (κ3) is 15.4. The van der Waals surface area contributed by atoms with Crippen LogP contribution in [0.4, 0.5) is 9.59 Å². The van der Waals surface area contributed by atoms with Gasteiger partial charge >= 0.3 is 12.1 Å². The summed E-state index contributed by atoms with van der Waals surface area (Å²) in [6, 6.07) is 0.173. The molecule has 178 valence electrons. The Labute approximate surface area is 186 Å². The van der Waals surface area contributed by atoms with Crippen molar-refractivity contribution in [3.8, 4) is 0 Å². The second-order valence-corrected chi connectivity index (χ2v) is 8.27. The van der Waals surface area contributed by atoms with Crippen molar-refractivity contribution in [2.75, 3.05) is 39.3 Å². The number of carbonyl (C=O) groups is 2. The number of carbonyl (C=O) groups excluding carboxylic acids is 2. The summed E-state index contributed by atoms with van der Waals surface area (Å²) in [6.07, 6.45) is 12.9. The average molecular weight is 427 g/mol. The molecule has 0 aromatic heterocycles. The fourth-order valence-corrected chi connectivity index (χ4v) is 3.24. The molecule has 0 aliphatic rings. The van der Waals surface area contributed by atoms with E-state index >= 15 is 0 Å². The maximum Gasteiger partial charge on any atom is 0.317 e. The van der Waals surface area contributed by atoms with Gasteiger partial charge in [0.1, 0.15) is 0 Å². The van der Waals surface area contributed by atoms with Crippen LogP contribution < -0.4 is 10.6 Å². The van der Waals surface area contributed by atoms with Gasteiger partial charge in [0.2, 0.25) is 0 Å². The molecule has 6 nitrogen and oxygen atoms in total. The molecule has 0 radical (unpaired) electrons. The number of nitrogens with zero attached hydrogens (tertiary/aromatic N) is 2. The number of urea groups is 2. The third-order valence-corrected chi connectivity index (χ3v) is 5.36. The molecule has 0 aliphatic carbocycles. The Hall–Kier alpha value is -1.46. The number of amides is 4. The van der Waals surface area contributed by atoms with Crippen molar-refractivity contribution in [2.45, 2.75) is 105 Å². The summed E-state index contributed by atoms with van der Waals surface area (Å²) in [6.45, 7) is 13.5. The molecular formula is C24H50N4O2. The highest BCUT2D eigenvalue weighted by Gasteiger charge is 2.12. The van der Waals surface area contributed by atoms with Crippen LogP contribution in [0.1, 0.15) is 105 Å². The molecule has 0 unspecified atom stereocenters. The van der Waals surface area contributed by atoms with Gasteiger partial charge in [-0.1, -0.05) is 66.2 Å². The Balaban J connectivity index is 3.88. The fourth-order valence-electron chi connectivity index (χ4n) is 3.24. The van der Waals surface area contributed by atoms with Crippen LogP contribution in [0.25, 0.3) is 0 Å². The van der Waals surface area contributed by atoms with Gasteiger partial charge in [0.15, 0.2) is 0 Å². The van der Waals surface area contributed by atoms with Crippen LogP contribution in [0.3, 0.4) is 0 Å². The molecule has 0 rings (SSSR count). The zero-order valence-corrected chi connectivity index (χ0v) is 20.4. The van der Waals surface area contributed by atoms with Crippen molar-refractivity contribution in [1.82, 2.24) is 20.4 Å². The lowest BCUT2D eigenvalue weighted by atomic mass is 10.2. The van der Waals surface area contributed by atoms with Crippen LogP contribution in [0.2, 0.25) is 0 Å². The van der Waals surface area contributed by atoms with E-state index in [0.29, 0.717) is 0 Å². The van der Waals surface area contributed by atoms with E-state index in [9.17, 15) is 9.59 Å². The molecule has 2 N–H and O–H groups in total. The summed E-state index contributed by atoms with van der Waals surface area (Å²) in [7, 11) is 0. The molecule has 4 amide bonds. The molecule has 0 heterocycles. The molecule has 0 atom stereocenters. The van der Waals surface area contributed by atoms with Gasteiger partial charge in [0.05, 0.1) is 0 Å². The Kier molecular flexibility index (Phi) is 19.8. The topological polar surface area (TPSA) is 64.7 Å². The van der Waals surface area contributed by atoms with Gasteiger partial charge in [0.25, 0.3) is 0 Å². The second-order valence-electron chi connectivity index (χ2n) is 8.27. The molecule has 0 fully saturated rings. The van der Waals surface area contributed by atoms with E-state index in [1.54, 1.807) is 0 Å². The van der Waals surface area contributed by atoms with Crippen molar-refractivity contribution in [2.24, 2.45) is 0 Å². The molecule has 30 heavy (non-hydrogen) atoms. The lowest BCUT2D eigenvalue weighted by Crippen LogP contribution is -2.41. The lowest BCUT2D eigenvalue weighted by Gasteiger charge is -2.23. The number of rotatable bonds is 19. The molecule has 6 heteroatoms. The van der Waals surface area contributed by atoms with Gasteiger partial charge in [-0.3, -0.25) is 0 Å². The van der Waals surface area contributed by atoms with E-state index in [1.165, 1.54) is 0 Å². The quantitative estimate of drug-likeness (QED) is 0.257. The van der Waals surface area contributed by atoms with Crippen LogP contribution >= 0.6 is 0 Å². The first-order valence-corrected chi connectivity index (χ1v) is 12.7. The monoisotopic (exact) mass is 426 g/mol. The van der Waals surface area contributed by atoms with Gasteiger partial charge < -0.3 is 20.4 Å². The Morgan fingerprint density at radius 2 is 0.800 bits per heavy atom. The van der Waals surface area contributed by atoms with E-state index < -0.39 is 0 Å². The van der Waals surface area contributed by atoms with Crippen molar-refractivity contribution < 1.29 is 9.59 Å². The van der Waals surface area contributed by atoms with Gasteiger partial charge in [-0.2, -0.15) is 0 Å². The number of hydrogen-bond acceptors (Lipinski definition) is 2. The van der Waals surface area contributed by atoms with Gasteiger partial charge in [-0.15, -0.1) is 0 Å². The summed E-state index contributed by atoms with van der Waals surface area (Å²) >= 11 is 0. The standard InChI is InChI=1S/C24H50N4O2/c1-5-9-19-27(20-10-6-2)23(29)25-17-15-13-14-16-18-26-24(30)28(21-11-7-3)22-12-8-4/h5-22H2,1-4H3,(H,25,29)(H,26,30). The zero-order valence-electron chi connectivity index (χ0n) is 20.4. The second kappa shape index (κ2) is 20.8. The van der Waals surface area contributed by atoms with E-state index in [2.05, 4.69) is 38.3 Å². The minimum Gasteiger partial charge on any atom is -0.338 e. The first-order chi connectivity index (χ1) is 14.6. The Morgan fingerprint density at radius 3 is 1.07 bits per heavy atom. The van der Waals surface area contributed by atoms with Gasteiger partial charge in [-0.25, -0.2) is 9.59 Å². The summed E-state index contributed by atoms with van der Waals surface area (Å²) in [5, 5.41) is 6.15. The number of unbranched alkanes of at least 4 members (excludes halogenated alkanes) is 7. The largest absolute Gasteiger partial charge is 0.338 e. The lowest BCUT2D eigenvalue weighted by molar-refractivity contribution is 0.194. The van der Waals surface area contributed by atoms with E-state index in [1.807, 2.05) is 9.80 Å². The smallest absolute Gasteiger partial charge is 0.317 e. The van der Waals surface area contributed by atoms with Crippen LogP contribution in [-0.2, 0) is 0 Å². The first kappa shape index (κ1) is 28.5. The van der Waals surface area contributed by atoms with Crippen molar-refractivity contribution >= 4 is 12.1 Å². The van der Waals surface area contributed by atoms with Crippen molar-refractivity contribution in [3.05, 3.63) is 0 Å². The summed E-state index contributed by atoms with van der Waals surface area (Å²) in [5.41, 5.74) is 0. The molecule has 0 aromatic carbocycles. The third-order valence-electron chi connectivity index (χ3n) is 5.36. The summed E-state index contributed by atoms with van der Waals surface area (Å²) in [5.74, 6) is 0. The van der Waals surface area contributed by atoms with Crippen LogP contribution in [-0.4, -0.2) is 61.1 Å². The Bertz CT molecular complexity index is 364. The van der Waals surface area contributed by atoms with Crippen molar-refractivity contribution in [1.29, 1.82) is 0 Å². The SMILES string of the molecule is CCCCN(CCCC)C(=O)NCCCCCCNC(=O)N(CCCC)CCCC. The number of nitrogens with one attached hydrogen (secondary N) is 2. The van der Waals surface area contributed by atoms with Crippen molar-refractivity contribution in [3.63, 3.8) is 0 Å². The maximum absolute atomic E-state index is 12.3. The summed E-state index contributed by atoms with van der Waals surface area (Å²) in [4.78, 5) is 28.6. The first-order valence-electron chi connectivity index (χ1n) is 12.7. The highest BCUT2D eigenvalue weighted by atomic mass is 16.2. The molecule has 0 saturated carbocycles. The van der Waals surface area contributed by atoms with Gasteiger partial charge in [0, 0.05) is 39.3 Å². The fraction of sp³-hybridized carbons (Fsp3) is 0.917. The normalized spacial score (nSPS) is 10.7. The number of hydrogen-bond donors (Lipinski definition) is 2. The Morgan fingerprint density at radius 1 is 0.500 bits per heavy atom. The van der Waals surface area contributed by atoms with Gasteiger partial charge in [-0.05, 0) is 38.5 Å². The van der Waals surface area contributed by atoms with Crippen LogP contribution in [0, 0.1) is 0 Å². The predicted octanol–water partition coefficient (Wildman–Crippen LogP) is 5.77. The van der Waals surface area contributed by atoms with E-state index in [4.69, 9.17) is 0 Å². The minimum absolute atomic E-state index is 0.0865. The molecular weight excluding hydrogens is 376 g/mol. The molecule has 0 saturated heterocycles. The van der Waals surface area contributed by atoms with Crippen LogP contribution in [0.15, 0.2) is 0 Å². The molecule has 0 spiro atoms. The van der Waals surface area contributed by atoms with E-state index in [0.717, 1.165) is 116 Å². The molecule has 0 aromatic rings. The molecule has 0 bridgehead atoms. The average Bonchev–Trinajstić information content (AvgIpc) is 2.75. The highest BCUT2D eigenvalue weighted by molar-refractivity contribution is 5.74. The van der Waals surface area contributed by atoms with E-state index in [-0.39, 0.29) is 12.1 Å². The minimum atomic E-state index is 0.0865. The van der Waals surface area contributed by atoms with Crippen LogP contribution in [0.5, 0.6) is 0 Å². The zero-order chi connectivity index (χ0) is 22.5. The highest BCUT2D eigenvalue weighted by Crippen LogP contribution is 2.03. The summed E-state index contributed by atoms with van der Waals surface area (Å²) < 4.78 is 0. The molecule has 0 aliphatic heterocycles. The predicted molar refractivity (Wildman–Crippen MR) is 128 cm³/mol. The maximum atomic E-state index is 12.3.